The zero-order valence-corrected chi connectivity index (χ0v) is 16.5. The molecule has 1 heterocycles. The fraction of sp³-hybridized carbons (Fsp3) is 0.429. The Morgan fingerprint density at radius 2 is 2.12 bits per heavy atom. The largest absolute Gasteiger partial charge is 0.490 e. The molecule has 0 saturated heterocycles. The van der Waals surface area contributed by atoms with E-state index in [1.54, 1.807) is 41.7 Å². The average Bonchev–Trinajstić information content (AvgIpc) is 3.01. The molecule has 1 N–H and O–H groups in total. The zero-order chi connectivity index (χ0) is 18.7. The summed E-state index contributed by atoms with van der Waals surface area (Å²) in [5.41, 5.74) is 2.05. The maximum absolute atomic E-state index is 12.5. The third-order valence-corrected chi connectivity index (χ3v) is 5.90. The number of benzene rings is 1. The van der Waals surface area contributed by atoms with Gasteiger partial charge in [-0.05, 0) is 54.9 Å². The normalized spacial score (nSPS) is 16.7. The standard InChI is InChI=1S/C21H26N2O2S/c1-5-12-25-16-9-6-14(7-10-16)19(24)23-20-22-17-11-8-15(21(2,3)4)13-18(17)26-20/h5-7,9-10,15H,1,8,11-13H2,2-4H3,(H,22,23,24)/t15-/m1/s1. The van der Waals surface area contributed by atoms with Gasteiger partial charge in [0.05, 0.1) is 5.69 Å². The van der Waals surface area contributed by atoms with E-state index in [2.05, 4.69) is 37.7 Å². The van der Waals surface area contributed by atoms with E-state index in [-0.39, 0.29) is 5.91 Å². The summed E-state index contributed by atoms with van der Waals surface area (Å²) < 4.78 is 5.44. The molecule has 5 heteroatoms. The Kier molecular flexibility index (Phi) is 5.47. The SMILES string of the molecule is C=CCOc1ccc(C(=O)Nc2nc3c(s2)C[C@H](C(C)(C)C)CC3)cc1. The predicted molar refractivity (Wildman–Crippen MR) is 107 cm³/mol. The van der Waals surface area contributed by atoms with Gasteiger partial charge >= 0.3 is 0 Å². The molecule has 1 atom stereocenters. The van der Waals surface area contributed by atoms with Crippen molar-refractivity contribution >= 4 is 22.4 Å². The van der Waals surface area contributed by atoms with E-state index in [0.717, 1.165) is 24.3 Å². The van der Waals surface area contributed by atoms with Gasteiger partial charge < -0.3 is 4.74 Å². The summed E-state index contributed by atoms with van der Waals surface area (Å²) >= 11 is 1.61. The van der Waals surface area contributed by atoms with Crippen LogP contribution in [0.25, 0.3) is 0 Å². The van der Waals surface area contributed by atoms with Crippen LogP contribution in [0.2, 0.25) is 0 Å². The molecule has 4 nitrogen and oxygen atoms in total. The van der Waals surface area contributed by atoms with Gasteiger partial charge in [0, 0.05) is 10.4 Å². The molecule has 0 fully saturated rings. The number of ether oxygens (including phenoxy) is 1. The summed E-state index contributed by atoms with van der Waals surface area (Å²) in [4.78, 5) is 18.4. The Morgan fingerprint density at radius 3 is 2.77 bits per heavy atom. The highest BCUT2D eigenvalue weighted by atomic mass is 32.1. The topological polar surface area (TPSA) is 51.2 Å². The number of fused-ring (bicyclic) bond motifs is 1. The van der Waals surface area contributed by atoms with Crippen molar-refractivity contribution in [2.24, 2.45) is 11.3 Å². The average molecular weight is 371 g/mol. The second-order valence-electron chi connectivity index (χ2n) is 7.77. The molecule has 0 radical (unpaired) electrons. The Labute approximate surface area is 159 Å². The van der Waals surface area contributed by atoms with Crippen molar-refractivity contribution in [3.05, 3.63) is 53.1 Å². The van der Waals surface area contributed by atoms with Crippen LogP contribution in [0.1, 0.15) is 48.1 Å². The number of nitrogens with one attached hydrogen (secondary N) is 1. The van der Waals surface area contributed by atoms with Crippen LogP contribution in [0.3, 0.4) is 0 Å². The lowest BCUT2D eigenvalue weighted by Crippen LogP contribution is -2.26. The van der Waals surface area contributed by atoms with Crippen LogP contribution < -0.4 is 10.1 Å². The third-order valence-electron chi connectivity index (χ3n) is 4.87. The molecule has 1 aliphatic carbocycles. The van der Waals surface area contributed by atoms with Crippen molar-refractivity contribution in [1.82, 2.24) is 4.98 Å². The van der Waals surface area contributed by atoms with E-state index in [9.17, 15) is 4.79 Å². The molecule has 0 unspecified atom stereocenters. The highest BCUT2D eigenvalue weighted by Crippen LogP contribution is 2.40. The fourth-order valence-corrected chi connectivity index (χ4v) is 4.28. The van der Waals surface area contributed by atoms with Gasteiger partial charge in [0.15, 0.2) is 5.13 Å². The first kappa shape index (κ1) is 18.6. The van der Waals surface area contributed by atoms with E-state index < -0.39 is 0 Å². The molecule has 1 amide bonds. The minimum absolute atomic E-state index is 0.140. The van der Waals surface area contributed by atoms with Crippen molar-refractivity contribution in [2.45, 2.75) is 40.0 Å². The van der Waals surface area contributed by atoms with E-state index in [1.165, 1.54) is 11.3 Å². The van der Waals surface area contributed by atoms with Crippen LogP contribution in [0, 0.1) is 11.3 Å². The zero-order valence-electron chi connectivity index (χ0n) is 15.7. The van der Waals surface area contributed by atoms with Gasteiger partial charge in [-0.2, -0.15) is 0 Å². The molecular weight excluding hydrogens is 344 g/mol. The molecule has 3 rings (SSSR count). The Balaban J connectivity index is 1.65. The minimum atomic E-state index is -0.140. The Morgan fingerprint density at radius 1 is 1.38 bits per heavy atom. The maximum atomic E-state index is 12.5. The van der Waals surface area contributed by atoms with Crippen LogP contribution in [0.5, 0.6) is 5.75 Å². The van der Waals surface area contributed by atoms with E-state index >= 15 is 0 Å². The molecule has 26 heavy (non-hydrogen) atoms. The molecule has 0 saturated carbocycles. The number of thiazole rings is 1. The minimum Gasteiger partial charge on any atom is -0.490 e. The molecule has 1 aliphatic rings. The first-order valence-electron chi connectivity index (χ1n) is 9.00. The Hall–Kier alpha value is -2.14. The monoisotopic (exact) mass is 370 g/mol. The molecule has 1 aromatic heterocycles. The van der Waals surface area contributed by atoms with Crippen LogP contribution in [-0.2, 0) is 12.8 Å². The first-order chi connectivity index (χ1) is 12.4. The number of aryl methyl sites for hydroxylation is 1. The number of rotatable bonds is 5. The third kappa shape index (κ3) is 4.33. The summed E-state index contributed by atoms with van der Waals surface area (Å²) in [6.45, 7) is 11.0. The van der Waals surface area contributed by atoms with E-state index in [0.29, 0.717) is 28.6 Å². The maximum Gasteiger partial charge on any atom is 0.257 e. The molecule has 0 spiro atoms. The van der Waals surface area contributed by atoms with Gasteiger partial charge in [-0.25, -0.2) is 4.98 Å². The summed E-state index contributed by atoms with van der Waals surface area (Å²) in [5, 5.41) is 3.64. The number of aromatic nitrogens is 1. The quantitative estimate of drug-likeness (QED) is 0.744. The van der Waals surface area contributed by atoms with Crippen molar-refractivity contribution in [2.75, 3.05) is 11.9 Å². The summed E-state index contributed by atoms with van der Waals surface area (Å²) in [6, 6.07) is 7.10. The van der Waals surface area contributed by atoms with Crippen molar-refractivity contribution in [3.8, 4) is 5.75 Å². The van der Waals surface area contributed by atoms with Gasteiger partial charge in [-0.1, -0.05) is 33.4 Å². The highest BCUT2D eigenvalue weighted by molar-refractivity contribution is 7.15. The molecule has 1 aromatic carbocycles. The second kappa shape index (κ2) is 7.62. The highest BCUT2D eigenvalue weighted by Gasteiger charge is 2.30. The van der Waals surface area contributed by atoms with Gasteiger partial charge in [-0.3, -0.25) is 10.1 Å². The van der Waals surface area contributed by atoms with Gasteiger partial charge in [0.1, 0.15) is 12.4 Å². The molecule has 0 aliphatic heterocycles. The number of amides is 1. The summed E-state index contributed by atoms with van der Waals surface area (Å²) in [6.07, 6.45) is 4.91. The van der Waals surface area contributed by atoms with E-state index in [1.807, 2.05) is 0 Å². The lowest BCUT2D eigenvalue weighted by Gasteiger charge is -2.33. The van der Waals surface area contributed by atoms with Crippen molar-refractivity contribution in [1.29, 1.82) is 0 Å². The Bertz CT molecular complexity index is 787. The number of carbonyl (C=O) groups excluding carboxylic acids is 1. The number of nitrogens with zero attached hydrogens (tertiary/aromatic N) is 1. The number of anilines is 1. The molecule has 138 valence electrons. The van der Waals surface area contributed by atoms with Crippen LogP contribution in [0.15, 0.2) is 36.9 Å². The smallest absolute Gasteiger partial charge is 0.257 e. The van der Waals surface area contributed by atoms with Gasteiger partial charge in [-0.15, -0.1) is 11.3 Å². The van der Waals surface area contributed by atoms with Crippen LogP contribution in [-0.4, -0.2) is 17.5 Å². The summed E-state index contributed by atoms with van der Waals surface area (Å²) in [5.74, 6) is 1.25. The van der Waals surface area contributed by atoms with Crippen LogP contribution >= 0.6 is 11.3 Å². The van der Waals surface area contributed by atoms with Crippen molar-refractivity contribution < 1.29 is 9.53 Å². The summed E-state index contributed by atoms with van der Waals surface area (Å²) in [7, 11) is 0. The number of hydrogen-bond acceptors (Lipinski definition) is 4. The van der Waals surface area contributed by atoms with Crippen LogP contribution in [0.4, 0.5) is 5.13 Å². The van der Waals surface area contributed by atoms with E-state index in [4.69, 9.17) is 4.74 Å². The van der Waals surface area contributed by atoms with Gasteiger partial charge in [0.2, 0.25) is 0 Å². The lowest BCUT2D eigenvalue weighted by molar-refractivity contribution is 0.102. The lowest BCUT2D eigenvalue weighted by atomic mass is 9.73. The predicted octanol–water partition coefficient (Wildman–Crippen LogP) is 5.11. The molecule has 0 bridgehead atoms. The van der Waals surface area contributed by atoms with Crippen molar-refractivity contribution in [3.63, 3.8) is 0 Å². The first-order valence-corrected chi connectivity index (χ1v) is 9.82. The molecular formula is C21H26N2O2S. The van der Waals surface area contributed by atoms with Gasteiger partial charge in [0.25, 0.3) is 5.91 Å². The number of carbonyl (C=O) groups is 1. The second-order valence-corrected chi connectivity index (χ2v) is 8.86. The molecule has 2 aromatic rings. The number of hydrogen-bond donors (Lipinski definition) is 1. The fourth-order valence-electron chi connectivity index (χ4n) is 3.19.